The molecule has 38 heavy (non-hydrogen) atoms. The molecular formula is C24H25F6IN4O3. The van der Waals surface area contributed by atoms with Crippen LogP contribution in [0, 0.1) is 21.0 Å². The van der Waals surface area contributed by atoms with Gasteiger partial charge in [-0.25, -0.2) is 18.0 Å². The first-order valence-electron chi connectivity index (χ1n) is 11.3. The Labute approximate surface area is 228 Å². The molecule has 2 N–H and O–H groups in total. The molecule has 0 saturated carbocycles. The SMILES string of the molecule is CC(CN(C)C)NCC1(OC(=O)C(F)(F)F)CN(C(=O)c2ccc(F)c(F)c2Nc2ccc(I)cc2F)C1. The fourth-order valence-electron chi connectivity index (χ4n) is 3.98. The third-order valence-electron chi connectivity index (χ3n) is 5.71. The van der Waals surface area contributed by atoms with Crippen molar-refractivity contribution in [2.75, 3.05) is 45.6 Å². The summed E-state index contributed by atoms with van der Waals surface area (Å²) in [5.41, 5.74) is -2.94. The van der Waals surface area contributed by atoms with Gasteiger partial charge in [-0.1, -0.05) is 0 Å². The Morgan fingerprint density at radius 2 is 1.79 bits per heavy atom. The van der Waals surface area contributed by atoms with Crippen molar-refractivity contribution in [2.45, 2.75) is 24.7 Å². The molecule has 1 unspecified atom stereocenters. The van der Waals surface area contributed by atoms with Gasteiger partial charge in [0.15, 0.2) is 17.2 Å². The zero-order valence-corrected chi connectivity index (χ0v) is 22.7. The van der Waals surface area contributed by atoms with Gasteiger partial charge in [0, 0.05) is 22.7 Å². The van der Waals surface area contributed by atoms with Gasteiger partial charge < -0.3 is 25.2 Å². The summed E-state index contributed by atoms with van der Waals surface area (Å²) in [6.07, 6.45) is -5.25. The van der Waals surface area contributed by atoms with Crippen LogP contribution in [0.15, 0.2) is 30.3 Å². The minimum atomic E-state index is -5.25. The predicted molar refractivity (Wildman–Crippen MR) is 136 cm³/mol. The summed E-state index contributed by atoms with van der Waals surface area (Å²) in [5.74, 6) is -6.80. The maximum atomic E-state index is 14.7. The van der Waals surface area contributed by atoms with Gasteiger partial charge in [0.2, 0.25) is 0 Å². The Kier molecular flexibility index (Phi) is 9.19. The van der Waals surface area contributed by atoms with Crippen LogP contribution in [-0.2, 0) is 9.53 Å². The van der Waals surface area contributed by atoms with Crippen LogP contribution in [0.3, 0.4) is 0 Å². The normalized spacial score (nSPS) is 15.7. The van der Waals surface area contributed by atoms with Crippen LogP contribution in [0.5, 0.6) is 0 Å². The van der Waals surface area contributed by atoms with Crippen LogP contribution in [0.4, 0.5) is 37.7 Å². The van der Waals surface area contributed by atoms with Gasteiger partial charge in [0.25, 0.3) is 5.91 Å². The number of esters is 1. The molecule has 14 heteroatoms. The summed E-state index contributed by atoms with van der Waals surface area (Å²) in [6, 6.07) is 5.42. The summed E-state index contributed by atoms with van der Waals surface area (Å²) in [6.45, 7) is 1.25. The van der Waals surface area contributed by atoms with E-state index in [4.69, 9.17) is 4.74 Å². The first kappa shape index (κ1) is 30.0. The van der Waals surface area contributed by atoms with Gasteiger partial charge in [-0.2, -0.15) is 13.2 Å². The smallest absolute Gasteiger partial charge is 0.447 e. The third-order valence-corrected chi connectivity index (χ3v) is 6.38. The van der Waals surface area contributed by atoms with Crippen LogP contribution < -0.4 is 10.6 Å². The molecule has 7 nitrogen and oxygen atoms in total. The van der Waals surface area contributed by atoms with Crippen LogP contribution in [0.2, 0.25) is 0 Å². The highest BCUT2D eigenvalue weighted by Crippen LogP contribution is 2.34. The lowest BCUT2D eigenvalue weighted by Gasteiger charge is -2.49. The highest BCUT2D eigenvalue weighted by atomic mass is 127. The van der Waals surface area contributed by atoms with E-state index in [0.717, 1.165) is 17.0 Å². The van der Waals surface area contributed by atoms with E-state index in [9.17, 15) is 35.9 Å². The second kappa shape index (κ2) is 11.7. The van der Waals surface area contributed by atoms with E-state index in [1.54, 1.807) is 21.0 Å². The second-order valence-corrected chi connectivity index (χ2v) is 10.6. The number of nitrogens with zero attached hydrogens (tertiary/aromatic N) is 2. The topological polar surface area (TPSA) is 73.9 Å². The molecule has 1 fully saturated rings. The number of benzene rings is 2. The fourth-order valence-corrected chi connectivity index (χ4v) is 4.43. The fraction of sp³-hybridized carbons (Fsp3) is 0.417. The second-order valence-electron chi connectivity index (χ2n) is 9.31. The zero-order valence-electron chi connectivity index (χ0n) is 20.6. The molecule has 2 aromatic rings. The van der Waals surface area contributed by atoms with Gasteiger partial charge in [-0.15, -0.1) is 0 Å². The summed E-state index contributed by atoms with van der Waals surface area (Å²) >= 11 is 1.86. The Balaban J connectivity index is 1.84. The van der Waals surface area contributed by atoms with E-state index >= 15 is 0 Å². The van der Waals surface area contributed by atoms with Gasteiger partial charge in [0.1, 0.15) is 5.82 Å². The number of likely N-dealkylation sites (tertiary alicyclic amines) is 1. The summed E-state index contributed by atoms with van der Waals surface area (Å²) in [7, 11) is 3.61. The van der Waals surface area contributed by atoms with E-state index < -0.39 is 59.9 Å². The number of likely N-dealkylation sites (N-methyl/N-ethyl adjacent to an activating group) is 1. The summed E-state index contributed by atoms with van der Waals surface area (Å²) in [5, 5.41) is 5.40. The summed E-state index contributed by atoms with van der Waals surface area (Å²) in [4.78, 5) is 27.7. The Hall–Kier alpha value is -2.59. The van der Waals surface area contributed by atoms with Gasteiger partial charge in [-0.3, -0.25) is 4.79 Å². The molecule has 1 atom stereocenters. The number of nitrogens with one attached hydrogen (secondary N) is 2. The highest BCUT2D eigenvalue weighted by molar-refractivity contribution is 14.1. The number of carbonyl (C=O) groups excluding carboxylic acids is 2. The van der Waals surface area contributed by atoms with Crippen LogP contribution in [0.25, 0.3) is 0 Å². The molecule has 0 aromatic heterocycles. The lowest BCUT2D eigenvalue weighted by Crippen LogP contribution is -2.70. The number of amides is 1. The van der Waals surface area contributed by atoms with E-state index in [-0.39, 0.29) is 23.8 Å². The standard InChI is InChI=1S/C24H25F6IN4O3/c1-13(9-34(2)3)32-10-23(38-22(37)24(28,29)30)11-35(12-23)21(36)15-5-6-16(25)19(27)20(15)33-18-7-4-14(31)8-17(18)26/h4-8,13,32-33H,9-12H2,1-3H3. The molecule has 0 spiro atoms. The lowest BCUT2D eigenvalue weighted by atomic mass is 9.91. The van der Waals surface area contributed by atoms with Crippen molar-refractivity contribution in [3.05, 3.63) is 56.9 Å². The molecule has 0 bridgehead atoms. The molecule has 0 radical (unpaired) electrons. The third kappa shape index (κ3) is 7.08. The zero-order chi connectivity index (χ0) is 28.4. The van der Waals surface area contributed by atoms with Gasteiger partial charge in [0.05, 0.1) is 30.0 Å². The van der Waals surface area contributed by atoms with Crippen molar-refractivity contribution >= 4 is 45.8 Å². The minimum Gasteiger partial charge on any atom is -0.447 e. The van der Waals surface area contributed by atoms with E-state index in [1.165, 1.54) is 12.1 Å². The van der Waals surface area contributed by atoms with Crippen LogP contribution in [-0.4, -0.2) is 79.8 Å². The van der Waals surface area contributed by atoms with Crippen LogP contribution >= 0.6 is 22.6 Å². The van der Waals surface area contributed by atoms with Crippen LogP contribution in [0.1, 0.15) is 17.3 Å². The van der Waals surface area contributed by atoms with E-state index in [2.05, 4.69) is 10.6 Å². The van der Waals surface area contributed by atoms with E-state index in [1.807, 2.05) is 27.5 Å². The number of rotatable bonds is 9. The number of hydrogen-bond acceptors (Lipinski definition) is 6. The number of anilines is 2. The number of ether oxygens (including phenoxy) is 1. The molecule has 1 heterocycles. The van der Waals surface area contributed by atoms with Crippen molar-refractivity contribution in [1.82, 2.24) is 15.1 Å². The Morgan fingerprint density at radius 1 is 1.13 bits per heavy atom. The number of carbonyl (C=O) groups is 2. The molecule has 208 valence electrons. The molecule has 1 aliphatic heterocycles. The Bertz CT molecular complexity index is 1200. The van der Waals surface area contributed by atoms with Gasteiger partial charge >= 0.3 is 12.1 Å². The number of halogens is 7. The minimum absolute atomic E-state index is 0.190. The van der Waals surface area contributed by atoms with Crippen molar-refractivity contribution in [3.63, 3.8) is 0 Å². The number of alkyl halides is 3. The average molecular weight is 658 g/mol. The Morgan fingerprint density at radius 3 is 2.37 bits per heavy atom. The monoisotopic (exact) mass is 658 g/mol. The molecule has 0 aliphatic carbocycles. The predicted octanol–water partition coefficient (Wildman–Crippen LogP) is 4.29. The maximum Gasteiger partial charge on any atom is 0.490 e. The molecule has 1 aliphatic rings. The molecular weight excluding hydrogens is 633 g/mol. The summed E-state index contributed by atoms with van der Waals surface area (Å²) < 4.78 is 87.2. The number of hydrogen-bond donors (Lipinski definition) is 2. The molecule has 2 aromatic carbocycles. The largest absolute Gasteiger partial charge is 0.490 e. The lowest BCUT2D eigenvalue weighted by molar-refractivity contribution is -0.224. The molecule has 1 saturated heterocycles. The van der Waals surface area contributed by atoms with Crippen molar-refractivity contribution < 1.29 is 40.7 Å². The maximum absolute atomic E-state index is 14.7. The van der Waals surface area contributed by atoms with Gasteiger partial charge in [-0.05, 0) is 73.9 Å². The van der Waals surface area contributed by atoms with Crippen molar-refractivity contribution in [1.29, 1.82) is 0 Å². The first-order chi connectivity index (χ1) is 17.6. The average Bonchev–Trinajstić information content (AvgIpc) is 2.78. The quantitative estimate of drug-likeness (QED) is 0.238. The van der Waals surface area contributed by atoms with E-state index in [0.29, 0.717) is 16.2 Å². The molecule has 3 rings (SSSR count). The molecule has 1 amide bonds. The van der Waals surface area contributed by atoms with Crippen molar-refractivity contribution in [3.8, 4) is 0 Å². The first-order valence-corrected chi connectivity index (χ1v) is 12.4. The van der Waals surface area contributed by atoms with Crippen molar-refractivity contribution in [2.24, 2.45) is 0 Å². The highest BCUT2D eigenvalue weighted by Gasteiger charge is 2.53.